The minimum absolute atomic E-state index is 0.150. The molecule has 2 aliphatic rings. The van der Waals surface area contributed by atoms with E-state index in [2.05, 4.69) is 30.5 Å². The van der Waals surface area contributed by atoms with Crippen LogP contribution in [0.15, 0.2) is 0 Å². The van der Waals surface area contributed by atoms with Crippen molar-refractivity contribution in [3.05, 3.63) is 10.6 Å². The fraction of sp³-hybridized carbons (Fsp3) is 0.786. The number of rotatable bonds is 3. The van der Waals surface area contributed by atoms with Crippen molar-refractivity contribution in [3.8, 4) is 0 Å². The highest BCUT2D eigenvalue weighted by molar-refractivity contribution is 8.00. The van der Waals surface area contributed by atoms with E-state index in [4.69, 9.17) is 4.98 Å². The van der Waals surface area contributed by atoms with Gasteiger partial charge in [0.15, 0.2) is 5.13 Å². The van der Waals surface area contributed by atoms with Crippen LogP contribution in [0.25, 0.3) is 0 Å². The summed E-state index contributed by atoms with van der Waals surface area (Å²) in [7, 11) is 0. The fourth-order valence-electron chi connectivity index (χ4n) is 2.49. The first-order chi connectivity index (χ1) is 9.09. The van der Waals surface area contributed by atoms with Crippen molar-refractivity contribution >= 4 is 28.2 Å². The minimum atomic E-state index is 0.150. The molecular weight excluding hydrogens is 276 g/mol. The predicted molar refractivity (Wildman–Crippen MR) is 83.4 cm³/mol. The lowest BCUT2D eigenvalue weighted by molar-refractivity contribution is 0.284. The van der Waals surface area contributed by atoms with Gasteiger partial charge in [0.25, 0.3) is 0 Å². The second-order valence-electron chi connectivity index (χ2n) is 6.08. The van der Waals surface area contributed by atoms with Crippen LogP contribution in [0.5, 0.6) is 0 Å². The van der Waals surface area contributed by atoms with E-state index >= 15 is 0 Å². The van der Waals surface area contributed by atoms with Crippen LogP contribution in [-0.4, -0.2) is 33.7 Å². The van der Waals surface area contributed by atoms with Gasteiger partial charge in [0, 0.05) is 29.5 Å². The van der Waals surface area contributed by atoms with Gasteiger partial charge < -0.3 is 10.0 Å². The lowest BCUT2D eigenvalue weighted by atomic mass is 10.1. The highest BCUT2D eigenvalue weighted by atomic mass is 32.2. The molecular formula is C14H22N2OS2. The van der Waals surface area contributed by atoms with Crippen LogP contribution in [-0.2, 0) is 6.61 Å². The molecule has 0 bridgehead atoms. The number of thiazole rings is 1. The molecule has 0 amide bonds. The van der Waals surface area contributed by atoms with Gasteiger partial charge in [-0.15, -0.1) is 0 Å². The molecule has 1 aliphatic heterocycles. The number of hydrogen-bond acceptors (Lipinski definition) is 5. The van der Waals surface area contributed by atoms with E-state index in [0.717, 1.165) is 23.1 Å². The Morgan fingerprint density at radius 2 is 2.16 bits per heavy atom. The summed E-state index contributed by atoms with van der Waals surface area (Å²) in [5, 5.41) is 10.6. The molecule has 1 saturated carbocycles. The Hall–Kier alpha value is -0.260. The molecule has 1 aliphatic carbocycles. The van der Waals surface area contributed by atoms with Crippen LogP contribution in [0.3, 0.4) is 0 Å². The van der Waals surface area contributed by atoms with Crippen LogP contribution >= 0.6 is 23.1 Å². The minimum Gasteiger partial charge on any atom is -0.391 e. The first-order valence-corrected chi connectivity index (χ1v) is 8.88. The molecule has 5 heteroatoms. The summed E-state index contributed by atoms with van der Waals surface area (Å²) < 4.78 is 0.380. The third-order valence-corrected chi connectivity index (χ3v) is 6.42. The molecule has 2 fully saturated rings. The van der Waals surface area contributed by atoms with Crippen molar-refractivity contribution in [1.82, 2.24) is 4.98 Å². The quantitative estimate of drug-likeness (QED) is 0.929. The number of thioether (sulfide) groups is 1. The molecule has 0 radical (unpaired) electrons. The molecule has 1 N–H and O–H groups in total. The normalized spacial score (nSPS) is 23.4. The average Bonchev–Trinajstić information content (AvgIpc) is 3.15. The monoisotopic (exact) mass is 298 g/mol. The summed E-state index contributed by atoms with van der Waals surface area (Å²) in [6.07, 6.45) is 3.70. The van der Waals surface area contributed by atoms with Gasteiger partial charge in [-0.1, -0.05) is 25.2 Å². The maximum absolute atomic E-state index is 9.49. The molecule has 0 atom stereocenters. The van der Waals surface area contributed by atoms with Crippen LogP contribution in [0, 0.1) is 0 Å². The lowest BCUT2D eigenvalue weighted by Crippen LogP contribution is -2.26. The van der Waals surface area contributed by atoms with Gasteiger partial charge in [-0.05, 0) is 19.3 Å². The van der Waals surface area contributed by atoms with Crippen molar-refractivity contribution in [3.63, 3.8) is 0 Å². The van der Waals surface area contributed by atoms with E-state index in [1.165, 1.54) is 30.7 Å². The molecule has 1 saturated heterocycles. The summed E-state index contributed by atoms with van der Waals surface area (Å²) in [5.41, 5.74) is 1.18. The first-order valence-electron chi connectivity index (χ1n) is 7.08. The van der Waals surface area contributed by atoms with Gasteiger partial charge in [-0.2, -0.15) is 11.8 Å². The van der Waals surface area contributed by atoms with Crippen LogP contribution < -0.4 is 4.90 Å². The SMILES string of the molecule is CC1(C)CCN(c2nc(C3CC3)c(CO)s2)CCS1. The number of aliphatic hydroxyl groups excluding tert-OH is 1. The molecule has 106 valence electrons. The molecule has 0 spiro atoms. The Morgan fingerprint density at radius 3 is 2.84 bits per heavy atom. The van der Waals surface area contributed by atoms with Crippen molar-refractivity contribution in [2.45, 2.75) is 50.4 Å². The Labute approximate surface area is 123 Å². The number of aromatic nitrogens is 1. The Morgan fingerprint density at radius 1 is 1.37 bits per heavy atom. The zero-order chi connectivity index (χ0) is 13.5. The van der Waals surface area contributed by atoms with Crippen molar-refractivity contribution in [2.24, 2.45) is 0 Å². The molecule has 1 aromatic heterocycles. The molecule has 0 aromatic carbocycles. The van der Waals surface area contributed by atoms with Gasteiger partial charge in [-0.25, -0.2) is 4.98 Å². The van der Waals surface area contributed by atoms with Crippen LogP contribution in [0.1, 0.15) is 49.6 Å². The molecule has 19 heavy (non-hydrogen) atoms. The summed E-state index contributed by atoms with van der Waals surface area (Å²) >= 11 is 3.76. The molecule has 3 nitrogen and oxygen atoms in total. The molecule has 0 unspecified atom stereocenters. The van der Waals surface area contributed by atoms with E-state index in [9.17, 15) is 5.11 Å². The van der Waals surface area contributed by atoms with Gasteiger partial charge in [0.05, 0.1) is 17.2 Å². The Balaban J connectivity index is 1.78. The lowest BCUT2D eigenvalue weighted by Gasteiger charge is -2.22. The van der Waals surface area contributed by atoms with Gasteiger partial charge in [0.2, 0.25) is 0 Å². The second kappa shape index (κ2) is 5.26. The third-order valence-electron chi connectivity index (χ3n) is 3.93. The smallest absolute Gasteiger partial charge is 0.185 e. The zero-order valence-electron chi connectivity index (χ0n) is 11.7. The molecule has 1 aromatic rings. The van der Waals surface area contributed by atoms with Gasteiger partial charge >= 0.3 is 0 Å². The van der Waals surface area contributed by atoms with Crippen molar-refractivity contribution in [1.29, 1.82) is 0 Å². The summed E-state index contributed by atoms with van der Waals surface area (Å²) in [6, 6.07) is 0. The fourth-order valence-corrected chi connectivity index (χ4v) is 4.64. The molecule has 2 heterocycles. The average molecular weight is 298 g/mol. The van der Waals surface area contributed by atoms with Crippen LogP contribution in [0.2, 0.25) is 0 Å². The summed E-state index contributed by atoms with van der Waals surface area (Å²) in [6.45, 7) is 6.98. The highest BCUT2D eigenvalue weighted by Crippen LogP contribution is 2.44. The number of hydrogen-bond donors (Lipinski definition) is 1. The number of nitrogens with zero attached hydrogens (tertiary/aromatic N) is 2. The number of anilines is 1. The summed E-state index contributed by atoms with van der Waals surface area (Å²) in [4.78, 5) is 8.34. The molecule has 3 rings (SSSR count). The largest absolute Gasteiger partial charge is 0.391 e. The predicted octanol–water partition coefficient (Wildman–Crippen LogP) is 3.23. The summed E-state index contributed by atoms with van der Waals surface area (Å²) in [5.74, 6) is 1.80. The van der Waals surface area contributed by atoms with E-state index in [-0.39, 0.29) is 6.61 Å². The zero-order valence-corrected chi connectivity index (χ0v) is 13.3. The standard InChI is InChI=1S/C14H22N2OS2/c1-14(2)5-6-16(7-8-18-14)13-15-12(10-3-4-10)11(9-17)19-13/h10,17H,3-9H2,1-2H3. The number of aliphatic hydroxyl groups is 1. The van der Waals surface area contributed by atoms with Crippen molar-refractivity contribution in [2.75, 3.05) is 23.7 Å². The third kappa shape index (κ3) is 3.09. The topological polar surface area (TPSA) is 36.4 Å². The Bertz CT molecular complexity index is 454. The van der Waals surface area contributed by atoms with E-state index < -0.39 is 0 Å². The second-order valence-corrected chi connectivity index (χ2v) is 8.95. The first kappa shape index (κ1) is 13.7. The Kier molecular flexibility index (Phi) is 3.80. The van der Waals surface area contributed by atoms with E-state index in [1.54, 1.807) is 11.3 Å². The van der Waals surface area contributed by atoms with E-state index in [0.29, 0.717) is 10.7 Å². The highest BCUT2D eigenvalue weighted by Gasteiger charge is 2.31. The van der Waals surface area contributed by atoms with Gasteiger partial charge in [-0.3, -0.25) is 0 Å². The van der Waals surface area contributed by atoms with E-state index in [1.807, 2.05) is 0 Å². The van der Waals surface area contributed by atoms with Crippen molar-refractivity contribution < 1.29 is 5.11 Å². The maximum atomic E-state index is 9.49. The van der Waals surface area contributed by atoms with Gasteiger partial charge in [0.1, 0.15) is 0 Å². The maximum Gasteiger partial charge on any atom is 0.185 e. The van der Waals surface area contributed by atoms with Crippen LogP contribution in [0.4, 0.5) is 5.13 Å².